The second-order valence-electron chi connectivity index (χ2n) is 6.45. The lowest BCUT2D eigenvalue weighted by molar-refractivity contribution is -0.123. The predicted molar refractivity (Wildman–Crippen MR) is 108 cm³/mol. The number of carbonyl (C=O) groups is 2. The molecule has 2 N–H and O–H groups in total. The smallest absolute Gasteiger partial charge is 0.289 e. The maximum Gasteiger partial charge on any atom is 0.289 e. The fourth-order valence-corrected chi connectivity index (χ4v) is 2.84. The second-order valence-corrected chi connectivity index (χ2v) is 6.85. The summed E-state index contributed by atoms with van der Waals surface area (Å²) >= 11 is 6.10. The van der Waals surface area contributed by atoms with Gasteiger partial charge in [0.25, 0.3) is 11.8 Å². The molecule has 8 nitrogen and oxygen atoms in total. The third-order valence-electron chi connectivity index (χ3n) is 3.95. The Hall–Kier alpha value is -3.39. The Morgan fingerprint density at radius 2 is 1.90 bits per heavy atom. The zero-order valence-electron chi connectivity index (χ0n) is 16.2. The maximum atomic E-state index is 12.4. The van der Waals surface area contributed by atoms with E-state index in [1.165, 1.54) is 0 Å². The van der Waals surface area contributed by atoms with E-state index in [1.807, 2.05) is 39.0 Å². The number of amides is 2. The number of halogens is 1. The van der Waals surface area contributed by atoms with Crippen molar-refractivity contribution >= 4 is 23.4 Å². The van der Waals surface area contributed by atoms with Crippen LogP contribution in [0.25, 0.3) is 5.82 Å². The van der Waals surface area contributed by atoms with E-state index in [4.69, 9.17) is 16.3 Å². The second kappa shape index (κ2) is 8.74. The van der Waals surface area contributed by atoms with Crippen molar-refractivity contribution in [3.05, 3.63) is 70.1 Å². The van der Waals surface area contributed by atoms with Crippen molar-refractivity contribution in [1.29, 1.82) is 0 Å². The van der Waals surface area contributed by atoms with Gasteiger partial charge in [-0.15, -0.1) is 0 Å². The van der Waals surface area contributed by atoms with E-state index in [1.54, 1.807) is 28.9 Å². The molecule has 0 radical (unpaired) electrons. The first kappa shape index (κ1) is 20.3. The number of nitrogens with zero attached hydrogens (tertiary/aromatic N) is 3. The van der Waals surface area contributed by atoms with Crippen LogP contribution < -0.4 is 15.6 Å². The monoisotopic (exact) mass is 413 g/mol. The minimum absolute atomic E-state index is 0.0309. The number of hydrazine groups is 1. The minimum atomic E-state index is -0.651. The number of rotatable bonds is 5. The molecule has 0 aliphatic rings. The third kappa shape index (κ3) is 5.11. The molecule has 2 heterocycles. The van der Waals surface area contributed by atoms with Gasteiger partial charge < -0.3 is 4.74 Å². The minimum Gasteiger partial charge on any atom is -0.484 e. The number of aryl methyl sites for hydroxylation is 3. The molecule has 0 spiro atoms. The summed E-state index contributed by atoms with van der Waals surface area (Å²) in [7, 11) is 0. The van der Waals surface area contributed by atoms with E-state index in [0.29, 0.717) is 11.6 Å². The van der Waals surface area contributed by atoms with Gasteiger partial charge in [0, 0.05) is 5.69 Å². The summed E-state index contributed by atoms with van der Waals surface area (Å²) in [6, 6.07) is 12.4. The molecular formula is C20H20ClN5O3. The van der Waals surface area contributed by atoms with Crippen molar-refractivity contribution in [2.45, 2.75) is 20.8 Å². The first-order valence-corrected chi connectivity index (χ1v) is 9.20. The quantitative estimate of drug-likeness (QED) is 0.626. The van der Waals surface area contributed by atoms with E-state index >= 15 is 0 Å². The molecule has 2 amide bonds. The zero-order chi connectivity index (χ0) is 21.0. The van der Waals surface area contributed by atoms with E-state index in [9.17, 15) is 9.59 Å². The van der Waals surface area contributed by atoms with Crippen LogP contribution in [0.2, 0.25) is 5.02 Å². The number of ether oxygens (including phenoxy) is 1. The van der Waals surface area contributed by atoms with Crippen LogP contribution in [0.4, 0.5) is 0 Å². The fourth-order valence-electron chi connectivity index (χ4n) is 2.65. The van der Waals surface area contributed by atoms with Crippen LogP contribution in [0.1, 0.15) is 27.4 Å². The van der Waals surface area contributed by atoms with E-state index in [0.717, 1.165) is 17.0 Å². The molecule has 3 rings (SSSR count). The number of pyridine rings is 1. The number of hydrogen-bond acceptors (Lipinski definition) is 5. The van der Waals surface area contributed by atoms with Crippen molar-refractivity contribution in [2.24, 2.45) is 0 Å². The topological polar surface area (TPSA) is 98.1 Å². The highest BCUT2D eigenvalue weighted by Gasteiger charge is 2.16. The highest BCUT2D eigenvalue weighted by atomic mass is 35.5. The molecule has 0 aliphatic carbocycles. The molecule has 9 heteroatoms. The Bertz CT molecular complexity index is 1060. The van der Waals surface area contributed by atoms with Gasteiger partial charge in [0.15, 0.2) is 18.1 Å². The third-order valence-corrected chi connectivity index (χ3v) is 4.25. The molecule has 0 atom stereocenters. The predicted octanol–water partition coefficient (Wildman–Crippen LogP) is 2.69. The van der Waals surface area contributed by atoms with Crippen LogP contribution in [0.15, 0.2) is 42.5 Å². The average Bonchev–Trinajstić information content (AvgIpc) is 3.03. The lowest BCUT2D eigenvalue weighted by Gasteiger charge is -2.11. The lowest BCUT2D eigenvalue weighted by atomic mass is 10.2. The van der Waals surface area contributed by atoms with Gasteiger partial charge in [0.05, 0.1) is 10.7 Å². The van der Waals surface area contributed by atoms with Crippen molar-refractivity contribution < 1.29 is 14.3 Å². The summed E-state index contributed by atoms with van der Waals surface area (Å²) in [5.41, 5.74) is 7.25. The van der Waals surface area contributed by atoms with Gasteiger partial charge in [-0.1, -0.05) is 23.7 Å². The molecule has 0 bridgehead atoms. The first-order chi connectivity index (χ1) is 13.8. The molecule has 0 saturated carbocycles. The summed E-state index contributed by atoms with van der Waals surface area (Å²) in [4.78, 5) is 28.6. The highest BCUT2D eigenvalue weighted by molar-refractivity contribution is 6.33. The number of nitrogens with one attached hydrogen (secondary N) is 2. The summed E-state index contributed by atoms with van der Waals surface area (Å²) < 4.78 is 6.99. The average molecular weight is 414 g/mol. The van der Waals surface area contributed by atoms with Gasteiger partial charge >= 0.3 is 0 Å². The Morgan fingerprint density at radius 1 is 1.10 bits per heavy atom. The standard InChI is InChI=1S/C20H20ClN5O3/c1-12-5-4-6-15(9-12)29-11-18(27)23-24-20(28)19-16(21)7-8-17(22-19)26-14(3)10-13(2)25-26/h4-10H,11H2,1-3H3,(H,23,27)(H,24,28). The van der Waals surface area contributed by atoms with Crippen LogP contribution in [0.3, 0.4) is 0 Å². The van der Waals surface area contributed by atoms with Gasteiger partial charge in [-0.05, 0) is 56.7 Å². The first-order valence-electron chi connectivity index (χ1n) is 8.82. The van der Waals surface area contributed by atoms with E-state index in [-0.39, 0.29) is 17.3 Å². The van der Waals surface area contributed by atoms with Gasteiger partial charge in [0.1, 0.15) is 5.75 Å². The van der Waals surface area contributed by atoms with E-state index < -0.39 is 11.8 Å². The fraction of sp³-hybridized carbons (Fsp3) is 0.200. The molecule has 1 aromatic carbocycles. The molecule has 0 saturated heterocycles. The number of hydrogen-bond donors (Lipinski definition) is 2. The molecule has 3 aromatic rings. The van der Waals surface area contributed by atoms with Crippen molar-refractivity contribution in [3.63, 3.8) is 0 Å². The summed E-state index contributed by atoms with van der Waals surface area (Å²) in [5, 5.41) is 4.49. The Kier molecular flexibility index (Phi) is 6.13. The van der Waals surface area contributed by atoms with E-state index in [2.05, 4.69) is 20.9 Å². The van der Waals surface area contributed by atoms with Crippen molar-refractivity contribution in [2.75, 3.05) is 6.61 Å². The Balaban J connectivity index is 1.62. The molecule has 0 aliphatic heterocycles. The number of carbonyl (C=O) groups excluding carboxylic acids is 2. The number of benzene rings is 1. The normalized spacial score (nSPS) is 10.5. The van der Waals surface area contributed by atoms with Crippen molar-refractivity contribution in [3.8, 4) is 11.6 Å². The molecule has 0 fully saturated rings. The Morgan fingerprint density at radius 3 is 2.59 bits per heavy atom. The molecule has 29 heavy (non-hydrogen) atoms. The van der Waals surface area contributed by atoms with Crippen LogP contribution in [0.5, 0.6) is 5.75 Å². The Labute approximate surface area is 172 Å². The summed E-state index contributed by atoms with van der Waals surface area (Å²) in [6.45, 7) is 5.41. The highest BCUT2D eigenvalue weighted by Crippen LogP contribution is 2.17. The molecular weight excluding hydrogens is 394 g/mol. The van der Waals surface area contributed by atoms with Gasteiger partial charge in [-0.3, -0.25) is 20.4 Å². The van der Waals surface area contributed by atoms with Crippen molar-refractivity contribution in [1.82, 2.24) is 25.6 Å². The molecule has 150 valence electrons. The summed E-state index contributed by atoms with van der Waals surface area (Å²) in [5.74, 6) is -0.166. The summed E-state index contributed by atoms with van der Waals surface area (Å²) in [6.07, 6.45) is 0. The zero-order valence-corrected chi connectivity index (χ0v) is 16.9. The lowest BCUT2D eigenvalue weighted by Crippen LogP contribution is -2.44. The SMILES string of the molecule is Cc1cccc(OCC(=O)NNC(=O)c2nc(-n3nc(C)cc3C)ccc2Cl)c1. The van der Waals surface area contributed by atoms with Crippen LogP contribution in [0, 0.1) is 20.8 Å². The van der Waals surface area contributed by atoms with Gasteiger partial charge in [0.2, 0.25) is 0 Å². The largest absolute Gasteiger partial charge is 0.484 e. The number of aromatic nitrogens is 3. The van der Waals surface area contributed by atoms with Gasteiger partial charge in [-0.2, -0.15) is 5.10 Å². The van der Waals surface area contributed by atoms with Crippen LogP contribution in [-0.2, 0) is 4.79 Å². The molecule has 0 unspecified atom stereocenters. The molecule has 2 aromatic heterocycles. The van der Waals surface area contributed by atoms with Crippen LogP contribution in [-0.4, -0.2) is 33.2 Å². The van der Waals surface area contributed by atoms with Crippen LogP contribution >= 0.6 is 11.6 Å². The maximum absolute atomic E-state index is 12.4. The van der Waals surface area contributed by atoms with Gasteiger partial charge in [-0.25, -0.2) is 9.67 Å².